The maximum atomic E-state index is 12.2. The summed E-state index contributed by atoms with van der Waals surface area (Å²) in [6, 6.07) is 1.06. The van der Waals surface area contributed by atoms with Crippen molar-refractivity contribution >= 4 is 12.0 Å². The molecule has 0 bridgehead atoms. The summed E-state index contributed by atoms with van der Waals surface area (Å²) in [4.78, 5) is 36.9. The summed E-state index contributed by atoms with van der Waals surface area (Å²) in [5.41, 5.74) is -0.388. The van der Waals surface area contributed by atoms with E-state index in [-0.39, 0.29) is 11.6 Å². The molecule has 0 saturated heterocycles. The fourth-order valence-electron chi connectivity index (χ4n) is 2.57. The van der Waals surface area contributed by atoms with Crippen LogP contribution in [0.25, 0.3) is 5.82 Å². The smallest absolute Gasteiger partial charge is 0.408 e. The van der Waals surface area contributed by atoms with Crippen LogP contribution in [0.1, 0.15) is 74.6 Å². The van der Waals surface area contributed by atoms with Crippen molar-refractivity contribution in [3.05, 3.63) is 29.7 Å². The lowest BCUT2D eigenvalue weighted by Crippen LogP contribution is -2.35. The van der Waals surface area contributed by atoms with Crippen molar-refractivity contribution in [2.75, 3.05) is 7.05 Å². The second-order valence-electron chi connectivity index (χ2n) is 7.72. The van der Waals surface area contributed by atoms with E-state index < -0.39 is 17.7 Å². The molecule has 2 aromatic rings. The number of carbonyl (C=O) groups excluding carboxylic acids is 2. The molecule has 1 atom stereocenters. The zero-order valence-electron chi connectivity index (χ0n) is 16.7. The van der Waals surface area contributed by atoms with E-state index in [4.69, 9.17) is 4.74 Å². The van der Waals surface area contributed by atoms with E-state index in [2.05, 4.69) is 30.7 Å². The summed E-state index contributed by atoms with van der Waals surface area (Å²) >= 11 is 0. The first-order chi connectivity index (χ1) is 13.2. The van der Waals surface area contributed by atoms with Gasteiger partial charge in [0.2, 0.25) is 0 Å². The van der Waals surface area contributed by atoms with Crippen molar-refractivity contribution in [1.29, 1.82) is 0 Å². The molecule has 1 aliphatic rings. The van der Waals surface area contributed by atoms with Crippen LogP contribution in [0.3, 0.4) is 0 Å². The summed E-state index contributed by atoms with van der Waals surface area (Å²) in [5, 5.41) is 9.87. The molecular formula is C18H25N7O3. The summed E-state index contributed by atoms with van der Waals surface area (Å²) in [7, 11) is 1.53. The molecule has 1 fully saturated rings. The number of amides is 2. The lowest BCUT2D eigenvalue weighted by molar-refractivity contribution is 0.0505. The molecule has 0 radical (unpaired) electrons. The molecule has 28 heavy (non-hydrogen) atoms. The van der Waals surface area contributed by atoms with Gasteiger partial charge in [-0.1, -0.05) is 0 Å². The molecule has 2 amide bonds. The van der Waals surface area contributed by atoms with Crippen molar-refractivity contribution in [2.45, 2.75) is 58.1 Å². The average Bonchev–Trinajstić information content (AvgIpc) is 3.37. The van der Waals surface area contributed by atoms with E-state index in [1.54, 1.807) is 32.4 Å². The molecule has 0 aliphatic heterocycles. The Bertz CT molecular complexity index is 884. The summed E-state index contributed by atoms with van der Waals surface area (Å²) in [6.07, 6.45) is 2.82. The summed E-state index contributed by atoms with van der Waals surface area (Å²) < 4.78 is 6.87. The topological polar surface area (TPSA) is 124 Å². The van der Waals surface area contributed by atoms with Crippen LogP contribution >= 0.6 is 0 Å². The highest BCUT2D eigenvalue weighted by atomic mass is 16.6. The predicted molar refractivity (Wildman–Crippen MR) is 100 cm³/mol. The molecule has 2 N–H and O–H groups in total. The van der Waals surface area contributed by atoms with Crippen LogP contribution in [0.5, 0.6) is 0 Å². The van der Waals surface area contributed by atoms with Crippen molar-refractivity contribution in [2.24, 2.45) is 0 Å². The zero-order valence-corrected chi connectivity index (χ0v) is 16.7. The standard InChI is InChI=1S/C18H25N7O3/c1-10(22-17(27)28-18(2,3)4)15-23-14(11-6-7-11)24-25(15)13-8-12(16(26)19-5)20-9-21-13/h8-11H,6-7H2,1-5H3,(H,19,26)(H,22,27). The van der Waals surface area contributed by atoms with Crippen LogP contribution in [0.2, 0.25) is 0 Å². The van der Waals surface area contributed by atoms with Gasteiger partial charge in [0.15, 0.2) is 17.5 Å². The molecular weight excluding hydrogens is 362 g/mol. The highest BCUT2D eigenvalue weighted by Gasteiger charge is 2.31. The third-order valence-electron chi connectivity index (χ3n) is 4.04. The fraction of sp³-hybridized carbons (Fsp3) is 0.556. The monoisotopic (exact) mass is 387 g/mol. The second kappa shape index (κ2) is 7.53. The molecule has 10 heteroatoms. The Kier molecular flexibility index (Phi) is 5.30. The Labute approximate surface area is 163 Å². The van der Waals surface area contributed by atoms with Crippen LogP contribution in [0, 0.1) is 0 Å². The lowest BCUT2D eigenvalue weighted by Gasteiger charge is -2.21. The number of hydrogen-bond donors (Lipinski definition) is 2. The number of nitrogens with one attached hydrogen (secondary N) is 2. The molecule has 1 saturated carbocycles. The minimum absolute atomic E-state index is 0.217. The molecule has 150 valence electrons. The van der Waals surface area contributed by atoms with Crippen molar-refractivity contribution in [3.8, 4) is 5.82 Å². The maximum Gasteiger partial charge on any atom is 0.408 e. The largest absolute Gasteiger partial charge is 0.444 e. The number of alkyl carbamates (subject to hydrolysis) is 1. The molecule has 1 unspecified atom stereocenters. The van der Waals surface area contributed by atoms with Gasteiger partial charge < -0.3 is 15.4 Å². The first-order valence-corrected chi connectivity index (χ1v) is 9.19. The molecule has 2 heterocycles. The Morgan fingerprint density at radius 3 is 2.61 bits per heavy atom. The van der Waals surface area contributed by atoms with Gasteiger partial charge in [-0.05, 0) is 40.5 Å². The Morgan fingerprint density at radius 1 is 1.29 bits per heavy atom. The van der Waals surface area contributed by atoms with E-state index in [0.717, 1.165) is 12.8 Å². The quantitative estimate of drug-likeness (QED) is 0.802. The lowest BCUT2D eigenvalue weighted by atomic mass is 10.2. The number of nitrogens with zero attached hydrogens (tertiary/aromatic N) is 5. The maximum absolute atomic E-state index is 12.2. The first-order valence-electron chi connectivity index (χ1n) is 9.19. The van der Waals surface area contributed by atoms with Gasteiger partial charge in [-0.15, -0.1) is 5.10 Å². The normalized spacial score (nSPS) is 15.0. The third-order valence-corrected chi connectivity index (χ3v) is 4.04. The van der Waals surface area contributed by atoms with Crippen molar-refractivity contribution < 1.29 is 14.3 Å². The highest BCUT2D eigenvalue weighted by Crippen LogP contribution is 2.38. The fourth-order valence-corrected chi connectivity index (χ4v) is 2.57. The molecule has 10 nitrogen and oxygen atoms in total. The molecule has 0 aromatic carbocycles. The van der Waals surface area contributed by atoms with Crippen LogP contribution in [-0.2, 0) is 4.74 Å². The minimum Gasteiger partial charge on any atom is -0.444 e. The number of aromatic nitrogens is 5. The number of ether oxygens (including phenoxy) is 1. The number of hydrogen-bond acceptors (Lipinski definition) is 7. The van der Waals surface area contributed by atoms with E-state index in [1.165, 1.54) is 19.4 Å². The molecule has 3 rings (SSSR count). The van der Waals surface area contributed by atoms with E-state index in [9.17, 15) is 9.59 Å². The Hall–Kier alpha value is -3.04. The Morgan fingerprint density at radius 2 is 2.00 bits per heavy atom. The van der Waals surface area contributed by atoms with Gasteiger partial charge in [-0.25, -0.2) is 19.7 Å². The van der Waals surface area contributed by atoms with E-state index in [0.29, 0.717) is 23.4 Å². The van der Waals surface area contributed by atoms with Gasteiger partial charge in [0.05, 0.1) is 6.04 Å². The van der Waals surface area contributed by atoms with Gasteiger partial charge in [0.1, 0.15) is 17.6 Å². The van der Waals surface area contributed by atoms with Gasteiger partial charge in [-0.2, -0.15) is 4.68 Å². The Balaban J connectivity index is 1.91. The van der Waals surface area contributed by atoms with Gasteiger partial charge >= 0.3 is 6.09 Å². The first kappa shape index (κ1) is 19.7. The number of carbonyl (C=O) groups is 2. The van der Waals surface area contributed by atoms with E-state index in [1.807, 2.05) is 0 Å². The second-order valence-corrected chi connectivity index (χ2v) is 7.72. The van der Waals surface area contributed by atoms with Crippen molar-refractivity contribution in [1.82, 2.24) is 35.4 Å². The summed E-state index contributed by atoms with van der Waals surface area (Å²) in [6.45, 7) is 7.19. The zero-order chi connectivity index (χ0) is 20.5. The van der Waals surface area contributed by atoms with Gasteiger partial charge in [0, 0.05) is 19.0 Å². The minimum atomic E-state index is -0.605. The average molecular weight is 387 g/mol. The molecule has 0 spiro atoms. The van der Waals surface area contributed by atoms with Crippen LogP contribution in [0.15, 0.2) is 12.4 Å². The third kappa shape index (κ3) is 4.62. The SMILES string of the molecule is CNC(=O)c1cc(-n2nc(C3CC3)nc2C(C)NC(=O)OC(C)(C)C)ncn1. The van der Waals surface area contributed by atoms with Crippen LogP contribution in [0.4, 0.5) is 4.79 Å². The predicted octanol–water partition coefficient (Wildman–Crippen LogP) is 1.88. The van der Waals surface area contributed by atoms with Crippen molar-refractivity contribution in [3.63, 3.8) is 0 Å². The van der Waals surface area contributed by atoms with Crippen LogP contribution < -0.4 is 10.6 Å². The molecule has 1 aliphatic carbocycles. The van der Waals surface area contributed by atoms with Gasteiger partial charge in [-0.3, -0.25) is 4.79 Å². The van der Waals surface area contributed by atoms with Crippen LogP contribution in [-0.4, -0.2) is 49.4 Å². The summed E-state index contributed by atoms with van der Waals surface area (Å²) in [5.74, 6) is 1.60. The molecule has 2 aromatic heterocycles. The highest BCUT2D eigenvalue weighted by molar-refractivity contribution is 5.92. The van der Waals surface area contributed by atoms with E-state index >= 15 is 0 Å². The van der Waals surface area contributed by atoms with Gasteiger partial charge in [0.25, 0.3) is 5.91 Å². The number of rotatable bonds is 5.